The van der Waals surface area contributed by atoms with Crippen LogP contribution in [0.2, 0.25) is 0 Å². The average Bonchev–Trinajstić information content (AvgIpc) is 3.22. The summed E-state index contributed by atoms with van der Waals surface area (Å²) in [5.74, 6) is -0.730. The molecule has 0 saturated carbocycles. The second kappa shape index (κ2) is 22.2. The minimum absolute atomic E-state index is 0.730. The van der Waals surface area contributed by atoms with Crippen molar-refractivity contribution in [2.75, 3.05) is 39.6 Å². The first-order valence-corrected chi connectivity index (χ1v) is 18.5. The monoisotopic (exact) mass is 871 g/mol. The zero-order valence-electron chi connectivity index (χ0n) is 31.4. The number of rotatable bonds is 18. The number of ether oxygens (including phenoxy) is 8. The maximum Gasteiger partial charge on any atom is 0.217 e. The fourth-order valence-electron chi connectivity index (χ4n) is 6.98. The summed E-state index contributed by atoms with van der Waals surface area (Å²) in [5, 5.41) is 180. The third-order valence-corrected chi connectivity index (χ3v) is 10.4. The molecule has 4 aliphatic rings. The molecule has 4 saturated heterocycles. The maximum absolute atomic E-state index is 11.7. The molecule has 4 aliphatic heterocycles. The minimum atomic E-state index is -2.23. The molecule has 0 aliphatic carbocycles. The van der Waals surface area contributed by atoms with Crippen molar-refractivity contribution in [1.82, 2.24) is 5.32 Å². The Bertz CT molecular complexity index is 1280. The fraction of sp³-hybridized carbons (Fsp3) is 0.969. The SMILES string of the molecule is CC(=O)N[C@@H](CO)[C@@H](O)[C@H](O[C@@H]1O[C@H](CO)[C@@H](O)[C@H](O[C@H]2O[C@H](CO)[C@@H](O)[C@H](O)[C@@H]2O[C@H]2O[C@H](CO)[C@@H](O)[C@H](O)[C@@H]2O[C@H]2O[C@H](CO)[C@@H](O)[C@H](O)[C@@H]2O)[C@@H]1O)[C@H](O)CO. The van der Waals surface area contributed by atoms with E-state index in [-0.39, 0.29) is 0 Å². The van der Waals surface area contributed by atoms with Crippen LogP contribution in [0.5, 0.6) is 0 Å². The number of carbonyl (C=O) groups excluding carboxylic acids is 1. The third-order valence-electron chi connectivity index (χ3n) is 10.4. The molecule has 24 atom stereocenters. The summed E-state index contributed by atoms with van der Waals surface area (Å²) < 4.78 is 44.9. The van der Waals surface area contributed by atoms with E-state index in [0.717, 1.165) is 6.92 Å². The average molecular weight is 872 g/mol. The summed E-state index contributed by atoms with van der Waals surface area (Å²) in [6.45, 7) is -4.83. The molecule has 0 aromatic heterocycles. The lowest BCUT2D eigenvalue weighted by Crippen LogP contribution is -2.68. The molecule has 0 bridgehead atoms. The summed E-state index contributed by atoms with van der Waals surface area (Å²) >= 11 is 0. The molecule has 4 rings (SSSR count). The van der Waals surface area contributed by atoms with E-state index in [2.05, 4.69) is 5.32 Å². The van der Waals surface area contributed by atoms with Gasteiger partial charge in [0.15, 0.2) is 25.2 Å². The van der Waals surface area contributed by atoms with E-state index in [1.165, 1.54) is 0 Å². The van der Waals surface area contributed by atoms with Gasteiger partial charge in [0, 0.05) is 6.92 Å². The molecule has 27 heteroatoms. The van der Waals surface area contributed by atoms with Gasteiger partial charge in [0.25, 0.3) is 0 Å². The van der Waals surface area contributed by atoms with Gasteiger partial charge in [-0.1, -0.05) is 0 Å². The van der Waals surface area contributed by atoms with Gasteiger partial charge in [-0.3, -0.25) is 4.79 Å². The quantitative estimate of drug-likeness (QED) is 0.0608. The zero-order chi connectivity index (χ0) is 44.0. The molecular weight excluding hydrogens is 814 g/mol. The molecular formula is C32H57NO26. The van der Waals surface area contributed by atoms with E-state index >= 15 is 0 Å². The van der Waals surface area contributed by atoms with E-state index < -0.39 is 193 Å². The number of hydrogen-bond donors (Lipinski definition) is 18. The van der Waals surface area contributed by atoms with Crippen LogP contribution in [0.1, 0.15) is 6.92 Å². The Morgan fingerprint density at radius 3 is 1.36 bits per heavy atom. The highest BCUT2D eigenvalue weighted by Gasteiger charge is 2.56. The Hall–Kier alpha value is -1.53. The first kappa shape index (κ1) is 50.1. The highest BCUT2D eigenvalue weighted by Crippen LogP contribution is 2.35. The topological polar surface area (TPSA) is 447 Å². The number of nitrogens with one attached hydrogen (secondary N) is 1. The van der Waals surface area contributed by atoms with Crippen molar-refractivity contribution in [3.63, 3.8) is 0 Å². The van der Waals surface area contributed by atoms with Crippen LogP contribution < -0.4 is 5.32 Å². The number of aliphatic hydroxyl groups is 17. The smallest absolute Gasteiger partial charge is 0.217 e. The summed E-state index contributed by atoms with van der Waals surface area (Å²) in [6, 6.07) is -1.51. The van der Waals surface area contributed by atoms with Crippen molar-refractivity contribution in [2.24, 2.45) is 0 Å². The van der Waals surface area contributed by atoms with Crippen molar-refractivity contribution in [1.29, 1.82) is 0 Å². The van der Waals surface area contributed by atoms with Gasteiger partial charge >= 0.3 is 0 Å². The summed E-state index contributed by atoms with van der Waals surface area (Å²) in [6.07, 6.45) is -45.4. The number of hydrogen-bond acceptors (Lipinski definition) is 26. The van der Waals surface area contributed by atoms with Crippen LogP contribution >= 0.6 is 0 Å². The zero-order valence-corrected chi connectivity index (χ0v) is 31.4. The second-order valence-corrected chi connectivity index (χ2v) is 14.5. The molecule has 0 unspecified atom stereocenters. The van der Waals surface area contributed by atoms with Gasteiger partial charge in [-0.2, -0.15) is 0 Å². The van der Waals surface area contributed by atoms with Gasteiger partial charge in [-0.15, -0.1) is 0 Å². The molecule has 18 N–H and O–H groups in total. The predicted octanol–water partition coefficient (Wildman–Crippen LogP) is -12.1. The first-order chi connectivity index (χ1) is 27.9. The standard InChI is InChI=1S/C32H57NO26/c1-8(40)33-9(2-34)15(42)25(10(41)3-35)56-30-24(51)26(19(46)14(7-39)53-30)57-31-28(22(49)18(45)12(5-37)54-31)59-32-27(21(48)17(44)13(6-38)55-32)58-29-23(50)20(47)16(43)11(4-36)52-29/h9-32,34-39,41-51H,2-7H2,1H3,(H,33,40)/t9-,10+,11+,12+,13+,14+,15+,16+,17+,18+,19+,20-,21-,22-,23-,24-,25+,26-,27-,28-,29+,30-,31+,32+/m0/s1. The van der Waals surface area contributed by atoms with E-state index in [1.54, 1.807) is 0 Å². The van der Waals surface area contributed by atoms with Crippen LogP contribution in [0.25, 0.3) is 0 Å². The normalized spacial score (nSPS) is 45.3. The molecule has 0 radical (unpaired) electrons. The highest BCUT2D eigenvalue weighted by molar-refractivity contribution is 5.73. The second-order valence-electron chi connectivity index (χ2n) is 14.5. The van der Waals surface area contributed by atoms with E-state index in [9.17, 15) is 91.6 Å². The fourth-order valence-corrected chi connectivity index (χ4v) is 6.98. The Balaban J connectivity index is 1.66. The molecule has 59 heavy (non-hydrogen) atoms. The molecule has 4 fully saturated rings. The number of aliphatic hydroxyl groups excluding tert-OH is 17. The third kappa shape index (κ3) is 11.2. The Labute approximate surface area is 334 Å². The molecule has 346 valence electrons. The first-order valence-electron chi connectivity index (χ1n) is 18.5. The lowest BCUT2D eigenvalue weighted by atomic mass is 9.95. The van der Waals surface area contributed by atoms with Crippen LogP contribution in [0.4, 0.5) is 0 Å². The van der Waals surface area contributed by atoms with E-state index in [0.29, 0.717) is 0 Å². The Morgan fingerprint density at radius 2 is 0.915 bits per heavy atom. The molecule has 0 spiro atoms. The Morgan fingerprint density at radius 1 is 0.508 bits per heavy atom. The predicted molar refractivity (Wildman–Crippen MR) is 180 cm³/mol. The van der Waals surface area contributed by atoms with Crippen molar-refractivity contribution in [3.8, 4) is 0 Å². The summed E-state index contributed by atoms with van der Waals surface area (Å²) in [7, 11) is 0. The number of carbonyl (C=O) groups is 1. The van der Waals surface area contributed by atoms with Gasteiger partial charge in [0.1, 0.15) is 116 Å². The minimum Gasteiger partial charge on any atom is -0.394 e. The Kier molecular flexibility index (Phi) is 18.9. The van der Waals surface area contributed by atoms with Crippen LogP contribution in [-0.2, 0) is 42.7 Å². The van der Waals surface area contributed by atoms with Crippen LogP contribution in [0.3, 0.4) is 0 Å². The van der Waals surface area contributed by atoms with Crippen molar-refractivity contribution in [3.05, 3.63) is 0 Å². The molecule has 0 aromatic carbocycles. The number of amides is 1. The van der Waals surface area contributed by atoms with Crippen LogP contribution in [0, 0.1) is 0 Å². The van der Waals surface area contributed by atoms with Gasteiger partial charge in [-0.05, 0) is 0 Å². The molecule has 27 nitrogen and oxygen atoms in total. The maximum atomic E-state index is 11.7. The van der Waals surface area contributed by atoms with Crippen molar-refractivity contribution < 1.29 is 130 Å². The summed E-state index contributed by atoms with van der Waals surface area (Å²) in [4.78, 5) is 11.7. The van der Waals surface area contributed by atoms with Gasteiger partial charge in [-0.25, -0.2) is 0 Å². The van der Waals surface area contributed by atoms with Crippen LogP contribution in [0.15, 0.2) is 0 Å². The van der Waals surface area contributed by atoms with Gasteiger partial charge in [0.2, 0.25) is 5.91 Å². The molecule has 0 aromatic rings. The van der Waals surface area contributed by atoms with Crippen molar-refractivity contribution in [2.45, 2.75) is 154 Å². The van der Waals surface area contributed by atoms with Gasteiger partial charge < -0.3 is 130 Å². The van der Waals surface area contributed by atoms with Crippen LogP contribution in [-0.4, -0.2) is 280 Å². The largest absolute Gasteiger partial charge is 0.394 e. The molecule has 4 heterocycles. The summed E-state index contributed by atoms with van der Waals surface area (Å²) in [5.41, 5.74) is 0. The van der Waals surface area contributed by atoms with Crippen molar-refractivity contribution >= 4 is 5.91 Å². The van der Waals surface area contributed by atoms with E-state index in [1.807, 2.05) is 0 Å². The molecule has 1 amide bonds. The highest BCUT2D eigenvalue weighted by atomic mass is 16.8. The van der Waals surface area contributed by atoms with E-state index in [4.69, 9.17) is 37.9 Å². The lowest BCUT2D eigenvalue weighted by Gasteiger charge is -2.50. The van der Waals surface area contributed by atoms with Gasteiger partial charge in [0.05, 0.1) is 45.7 Å². The lowest BCUT2D eigenvalue weighted by molar-refractivity contribution is -0.405.